The van der Waals surface area contributed by atoms with Crippen molar-refractivity contribution in [3.8, 4) is 17.4 Å². The normalized spacial score (nSPS) is 10.8. The van der Waals surface area contributed by atoms with E-state index in [0.717, 1.165) is 25.7 Å². The zero-order valence-corrected chi connectivity index (χ0v) is 14.7. The summed E-state index contributed by atoms with van der Waals surface area (Å²) in [4.78, 5) is 16.7. The van der Waals surface area contributed by atoms with Gasteiger partial charge in [0.2, 0.25) is 5.91 Å². The lowest BCUT2D eigenvalue weighted by atomic mass is 10.1. The largest absolute Gasteiger partial charge is 0.466 e. The number of carbonyl (C=O) groups is 1. The summed E-state index contributed by atoms with van der Waals surface area (Å²) in [7, 11) is 1.46. The van der Waals surface area contributed by atoms with E-state index in [2.05, 4.69) is 17.0 Å². The third-order valence-electron chi connectivity index (χ3n) is 3.42. The number of ether oxygens (including phenoxy) is 1. The van der Waals surface area contributed by atoms with Gasteiger partial charge in [0, 0.05) is 17.0 Å². The van der Waals surface area contributed by atoms with E-state index in [4.69, 9.17) is 27.9 Å². The van der Waals surface area contributed by atoms with Crippen LogP contribution in [-0.2, 0) is 0 Å². The summed E-state index contributed by atoms with van der Waals surface area (Å²) in [6.45, 7) is 2.13. The van der Waals surface area contributed by atoms with E-state index >= 15 is 0 Å². The Bertz CT molecular complexity index is 686. The highest BCUT2D eigenvalue weighted by Gasteiger charge is 2.20. The van der Waals surface area contributed by atoms with Crippen LogP contribution in [0, 0.1) is 0 Å². The van der Waals surface area contributed by atoms with Gasteiger partial charge in [0.15, 0.2) is 5.82 Å². The van der Waals surface area contributed by atoms with Crippen LogP contribution in [0.5, 0.6) is 6.01 Å². The number of aromatic nitrogens is 3. The number of carbonyl (C=O) groups excluding carboxylic acids is 1. The fourth-order valence-corrected chi connectivity index (χ4v) is 2.70. The SMILES string of the molecule is CCCCCCC(=O)n1nc(OC)nc1-c1ccc(Cl)cc1Cl. The average Bonchev–Trinajstić information content (AvgIpc) is 2.95. The topological polar surface area (TPSA) is 57.0 Å². The zero-order valence-electron chi connectivity index (χ0n) is 13.2. The number of halogens is 2. The summed E-state index contributed by atoms with van der Waals surface area (Å²) < 4.78 is 6.31. The van der Waals surface area contributed by atoms with Gasteiger partial charge in [-0.1, -0.05) is 49.4 Å². The Kier molecular flexibility index (Phi) is 6.42. The van der Waals surface area contributed by atoms with Crippen molar-refractivity contribution in [2.75, 3.05) is 7.11 Å². The van der Waals surface area contributed by atoms with Crippen molar-refractivity contribution in [3.63, 3.8) is 0 Å². The number of benzene rings is 1. The van der Waals surface area contributed by atoms with E-state index in [1.54, 1.807) is 18.2 Å². The van der Waals surface area contributed by atoms with Gasteiger partial charge in [-0.15, -0.1) is 5.10 Å². The Morgan fingerprint density at radius 3 is 2.70 bits per heavy atom. The predicted octanol–water partition coefficient (Wildman–Crippen LogP) is 4.87. The molecule has 0 aliphatic rings. The average molecular weight is 356 g/mol. The number of nitrogens with zero attached hydrogens (tertiary/aromatic N) is 3. The molecule has 1 heterocycles. The summed E-state index contributed by atoms with van der Waals surface area (Å²) in [6, 6.07) is 5.15. The van der Waals surface area contributed by atoms with E-state index < -0.39 is 0 Å². The minimum Gasteiger partial charge on any atom is -0.466 e. The molecule has 0 saturated carbocycles. The first kappa shape index (κ1) is 17.8. The Hall–Kier alpha value is -1.59. The van der Waals surface area contributed by atoms with Crippen molar-refractivity contribution in [3.05, 3.63) is 28.2 Å². The Morgan fingerprint density at radius 2 is 2.04 bits per heavy atom. The third-order valence-corrected chi connectivity index (χ3v) is 3.97. The van der Waals surface area contributed by atoms with Gasteiger partial charge in [0.25, 0.3) is 0 Å². The highest BCUT2D eigenvalue weighted by atomic mass is 35.5. The van der Waals surface area contributed by atoms with Crippen molar-refractivity contribution in [1.82, 2.24) is 14.8 Å². The first-order chi connectivity index (χ1) is 11.1. The Balaban J connectivity index is 2.29. The molecule has 2 aromatic rings. The van der Waals surface area contributed by atoms with Gasteiger partial charge in [0.05, 0.1) is 12.1 Å². The highest BCUT2D eigenvalue weighted by molar-refractivity contribution is 6.36. The third kappa shape index (κ3) is 4.45. The lowest BCUT2D eigenvalue weighted by molar-refractivity contribution is 0.0883. The van der Waals surface area contributed by atoms with Crippen LogP contribution in [0.25, 0.3) is 11.4 Å². The van der Waals surface area contributed by atoms with E-state index in [9.17, 15) is 4.79 Å². The molecule has 0 spiro atoms. The molecule has 0 aliphatic carbocycles. The lowest BCUT2D eigenvalue weighted by Crippen LogP contribution is -2.14. The second-order valence-corrected chi connectivity index (χ2v) is 6.01. The van der Waals surface area contributed by atoms with Gasteiger partial charge in [-0.05, 0) is 24.6 Å². The van der Waals surface area contributed by atoms with Gasteiger partial charge in [-0.2, -0.15) is 9.67 Å². The van der Waals surface area contributed by atoms with E-state index in [1.807, 2.05) is 0 Å². The summed E-state index contributed by atoms with van der Waals surface area (Å²) >= 11 is 12.1. The van der Waals surface area contributed by atoms with Gasteiger partial charge in [0.1, 0.15) is 0 Å². The van der Waals surface area contributed by atoms with E-state index in [0.29, 0.717) is 27.9 Å². The molecule has 0 unspecified atom stereocenters. The highest BCUT2D eigenvalue weighted by Crippen LogP contribution is 2.30. The molecule has 0 radical (unpaired) electrons. The van der Waals surface area contributed by atoms with Crippen LogP contribution in [0.1, 0.15) is 43.8 Å². The molecular weight excluding hydrogens is 337 g/mol. The number of methoxy groups -OCH3 is 1. The van der Waals surface area contributed by atoms with Crippen molar-refractivity contribution >= 4 is 29.1 Å². The molecule has 23 heavy (non-hydrogen) atoms. The summed E-state index contributed by atoms with van der Waals surface area (Å²) in [5, 5.41) is 5.04. The molecule has 5 nitrogen and oxygen atoms in total. The van der Waals surface area contributed by atoms with Crippen molar-refractivity contribution in [2.24, 2.45) is 0 Å². The van der Waals surface area contributed by atoms with Gasteiger partial charge < -0.3 is 4.74 Å². The summed E-state index contributed by atoms with van der Waals surface area (Å²) in [5.41, 5.74) is 0.591. The number of hydrogen-bond acceptors (Lipinski definition) is 4. The van der Waals surface area contributed by atoms with Gasteiger partial charge in [-0.25, -0.2) is 0 Å². The summed E-state index contributed by atoms with van der Waals surface area (Å²) in [6.07, 6.45) is 4.49. The van der Waals surface area contributed by atoms with Crippen LogP contribution in [0.2, 0.25) is 10.0 Å². The van der Waals surface area contributed by atoms with Crippen LogP contribution in [0.3, 0.4) is 0 Å². The van der Waals surface area contributed by atoms with Crippen molar-refractivity contribution < 1.29 is 9.53 Å². The number of rotatable bonds is 7. The number of unbranched alkanes of at least 4 members (excludes halogenated alkanes) is 3. The van der Waals surface area contributed by atoms with Crippen LogP contribution in [0.4, 0.5) is 0 Å². The number of hydrogen-bond donors (Lipinski definition) is 0. The van der Waals surface area contributed by atoms with Crippen molar-refractivity contribution in [2.45, 2.75) is 39.0 Å². The second-order valence-electron chi connectivity index (χ2n) is 5.16. The maximum absolute atomic E-state index is 12.4. The molecular formula is C16H19Cl2N3O2. The zero-order chi connectivity index (χ0) is 16.8. The molecule has 124 valence electrons. The first-order valence-electron chi connectivity index (χ1n) is 7.56. The fraction of sp³-hybridized carbons (Fsp3) is 0.438. The second kappa shape index (κ2) is 8.31. The maximum Gasteiger partial charge on any atom is 0.336 e. The van der Waals surface area contributed by atoms with Gasteiger partial charge >= 0.3 is 6.01 Å². The van der Waals surface area contributed by atoms with Crippen LogP contribution in [0.15, 0.2) is 18.2 Å². The fourth-order valence-electron chi connectivity index (χ4n) is 2.21. The molecule has 0 N–H and O–H groups in total. The quantitative estimate of drug-likeness (QED) is 0.664. The monoisotopic (exact) mass is 355 g/mol. The van der Waals surface area contributed by atoms with Crippen LogP contribution in [-0.4, -0.2) is 27.8 Å². The summed E-state index contributed by atoms with van der Waals surface area (Å²) in [5.74, 6) is 0.238. The van der Waals surface area contributed by atoms with E-state index in [1.165, 1.54) is 11.8 Å². The Labute approximate surface area is 145 Å². The molecule has 0 atom stereocenters. The first-order valence-corrected chi connectivity index (χ1v) is 8.32. The molecule has 1 aromatic heterocycles. The molecule has 0 saturated heterocycles. The minimum atomic E-state index is -0.127. The van der Waals surface area contributed by atoms with Gasteiger partial charge in [-0.3, -0.25) is 4.79 Å². The molecule has 0 fully saturated rings. The minimum absolute atomic E-state index is 0.127. The molecule has 2 rings (SSSR count). The van der Waals surface area contributed by atoms with E-state index in [-0.39, 0.29) is 11.9 Å². The predicted molar refractivity (Wildman–Crippen MR) is 91.4 cm³/mol. The molecule has 0 amide bonds. The molecule has 7 heteroatoms. The Morgan fingerprint density at radius 1 is 1.26 bits per heavy atom. The van der Waals surface area contributed by atoms with Crippen LogP contribution < -0.4 is 4.74 Å². The van der Waals surface area contributed by atoms with Crippen LogP contribution >= 0.6 is 23.2 Å². The molecule has 0 bridgehead atoms. The smallest absolute Gasteiger partial charge is 0.336 e. The lowest BCUT2D eigenvalue weighted by Gasteiger charge is -2.06. The standard InChI is InChI=1S/C16H19Cl2N3O2/c1-3-4-5-6-7-14(22)21-15(19-16(20-21)23-2)12-9-8-11(17)10-13(12)18/h8-10H,3-7H2,1-2H3. The molecule has 1 aromatic carbocycles. The van der Waals surface area contributed by atoms with Crippen molar-refractivity contribution in [1.29, 1.82) is 0 Å². The molecule has 0 aliphatic heterocycles. The maximum atomic E-state index is 12.4.